The number of ketones is 1. The number of ether oxygens (including phenoxy) is 3. The second kappa shape index (κ2) is 13.9. The fourth-order valence-corrected chi connectivity index (χ4v) is 6.36. The molecule has 0 bridgehead atoms. The molecule has 5 aromatic rings. The maximum atomic E-state index is 12.9. The Kier molecular flexibility index (Phi) is 9.80. The monoisotopic (exact) mass is 599 g/mol. The predicted molar refractivity (Wildman–Crippen MR) is 173 cm³/mol. The Hall–Kier alpha value is -3.84. The summed E-state index contributed by atoms with van der Waals surface area (Å²) in [5, 5.41) is 1.01. The molecule has 1 aromatic heterocycles. The van der Waals surface area contributed by atoms with Crippen molar-refractivity contribution in [3.05, 3.63) is 108 Å². The molecule has 4 aromatic carbocycles. The molecule has 0 N–H and O–H groups in total. The van der Waals surface area contributed by atoms with Gasteiger partial charge in [-0.15, -0.1) is 23.7 Å². The molecule has 7 heteroatoms. The number of piperidine rings is 1. The Morgan fingerprint density at radius 1 is 0.786 bits per heavy atom. The van der Waals surface area contributed by atoms with E-state index < -0.39 is 0 Å². The maximum absolute atomic E-state index is 12.9. The van der Waals surface area contributed by atoms with Gasteiger partial charge in [0, 0.05) is 27.8 Å². The number of halogens is 1. The highest BCUT2D eigenvalue weighted by atomic mass is 35.5. The molecule has 0 saturated carbocycles. The lowest BCUT2D eigenvalue weighted by molar-refractivity contribution is 0.103. The van der Waals surface area contributed by atoms with Gasteiger partial charge < -0.3 is 14.2 Å². The summed E-state index contributed by atoms with van der Waals surface area (Å²) in [6.07, 6.45) is 3.91. The Morgan fingerprint density at radius 3 is 2.17 bits per heavy atom. The first kappa shape index (κ1) is 29.6. The van der Waals surface area contributed by atoms with Crippen LogP contribution in [0.15, 0.2) is 97.1 Å². The first-order valence-electron chi connectivity index (χ1n) is 14.1. The lowest BCUT2D eigenvalue weighted by Crippen LogP contribution is -2.33. The number of fused-ring (bicyclic) bond motifs is 1. The summed E-state index contributed by atoms with van der Waals surface area (Å²) in [6.45, 7) is 3.99. The van der Waals surface area contributed by atoms with Crippen molar-refractivity contribution in [2.24, 2.45) is 0 Å². The largest absolute Gasteiger partial charge is 0.497 e. The number of nitrogens with zero attached hydrogens (tertiary/aromatic N) is 1. The molecule has 1 fully saturated rings. The fraction of sp³-hybridized carbons (Fsp3) is 0.229. The standard InChI is InChI=1S/C35H33NO4S.ClH/c1-38-30-18-19-31-32(24-30)41-35(27-12-10-26(11-13-27)33(37)25-8-4-2-5-9-25)34(31)40-29-16-14-28(15-17-29)39-23-22-36-20-6-3-7-21-36;/h2,4-5,8-19,24H,3,6-7,20-23H2,1H3;1H. The van der Waals surface area contributed by atoms with E-state index in [-0.39, 0.29) is 18.2 Å². The van der Waals surface area contributed by atoms with E-state index in [0.29, 0.717) is 17.7 Å². The van der Waals surface area contributed by atoms with Gasteiger partial charge in [0.2, 0.25) is 0 Å². The van der Waals surface area contributed by atoms with Gasteiger partial charge in [0.15, 0.2) is 11.5 Å². The summed E-state index contributed by atoms with van der Waals surface area (Å²) < 4.78 is 19.1. The lowest BCUT2D eigenvalue weighted by atomic mass is 10.0. The molecule has 0 unspecified atom stereocenters. The van der Waals surface area contributed by atoms with E-state index in [0.717, 1.165) is 50.1 Å². The molecule has 0 aliphatic carbocycles. The quantitative estimate of drug-likeness (QED) is 0.150. The zero-order valence-corrected chi connectivity index (χ0v) is 25.2. The van der Waals surface area contributed by atoms with Crippen LogP contribution in [0.4, 0.5) is 0 Å². The van der Waals surface area contributed by atoms with Gasteiger partial charge in [-0.3, -0.25) is 9.69 Å². The van der Waals surface area contributed by atoms with Crippen molar-refractivity contribution in [1.29, 1.82) is 0 Å². The predicted octanol–water partition coefficient (Wildman–Crippen LogP) is 8.89. The highest BCUT2D eigenvalue weighted by Crippen LogP contribution is 2.47. The van der Waals surface area contributed by atoms with E-state index in [1.165, 1.54) is 32.4 Å². The van der Waals surface area contributed by atoms with Crippen LogP contribution in [0.25, 0.3) is 20.5 Å². The molecule has 2 heterocycles. The molecule has 0 atom stereocenters. The van der Waals surface area contributed by atoms with Gasteiger partial charge in [-0.2, -0.15) is 0 Å². The lowest BCUT2D eigenvalue weighted by Gasteiger charge is -2.26. The van der Waals surface area contributed by atoms with Crippen molar-refractivity contribution in [3.8, 4) is 33.4 Å². The molecule has 42 heavy (non-hydrogen) atoms. The number of hydrogen-bond donors (Lipinski definition) is 0. The van der Waals surface area contributed by atoms with E-state index in [1.807, 2.05) is 97.1 Å². The average molecular weight is 600 g/mol. The van der Waals surface area contributed by atoms with Crippen LogP contribution >= 0.6 is 23.7 Å². The van der Waals surface area contributed by atoms with Gasteiger partial charge in [0.05, 0.1) is 12.0 Å². The maximum Gasteiger partial charge on any atom is 0.193 e. The Balaban J connectivity index is 0.00000353. The van der Waals surface area contributed by atoms with Crippen LogP contribution in [0, 0.1) is 0 Å². The van der Waals surface area contributed by atoms with Gasteiger partial charge in [-0.05, 0) is 74.0 Å². The molecule has 5 nitrogen and oxygen atoms in total. The molecule has 6 rings (SSSR count). The highest BCUT2D eigenvalue weighted by molar-refractivity contribution is 7.22. The number of likely N-dealkylation sites (tertiary alicyclic amines) is 1. The van der Waals surface area contributed by atoms with E-state index in [2.05, 4.69) is 4.90 Å². The summed E-state index contributed by atoms with van der Waals surface area (Å²) in [6, 6.07) is 31.0. The normalized spacial score (nSPS) is 13.4. The molecule has 1 aliphatic rings. The van der Waals surface area contributed by atoms with Crippen molar-refractivity contribution >= 4 is 39.6 Å². The van der Waals surface area contributed by atoms with Crippen molar-refractivity contribution in [1.82, 2.24) is 4.90 Å². The summed E-state index contributed by atoms with van der Waals surface area (Å²) in [4.78, 5) is 16.4. The van der Waals surface area contributed by atoms with Crippen molar-refractivity contribution < 1.29 is 19.0 Å². The first-order chi connectivity index (χ1) is 20.2. The van der Waals surface area contributed by atoms with Crippen LogP contribution in [0.5, 0.6) is 23.0 Å². The second-order valence-corrected chi connectivity index (χ2v) is 11.3. The Morgan fingerprint density at radius 2 is 1.45 bits per heavy atom. The van der Waals surface area contributed by atoms with Crippen LogP contribution in [-0.4, -0.2) is 44.0 Å². The van der Waals surface area contributed by atoms with Crippen molar-refractivity contribution in [2.75, 3.05) is 33.4 Å². The summed E-state index contributed by atoms with van der Waals surface area (Å²) in [5.74, 6) is 3.17. The minimum absolute atomic E-state index is 0. The Bertz CT molecular complexity index is 1610. The molecular weight excluding hydrogens is 566 g/mol. The number of hydrogen-bond acceptors (Lipinski definition) is 6. The fourth-order valence-electron chi connectivity index (χ4n) is 5.20. The summed E-state index contributed by atoms with van der Waals surface area (Å²) in [5.41, 5.74) is 2.32. The van der Waals surface area contributed by atoms with Gasteiger partial charge in [0.1, 0.15) is 23.9 Å². The minimum Gasteiger partial charge on any atom is -0.497 e. The van der Waals surface area contributed by atoms with Crippen LogP contribution in [0.2, 0.25) is 0 Å². The molecule has 0 spiro atoms. The minimum atomic E-state index is 0. The molecule has 0 radical (unpaired) electrons. The SMILES string of the molecule is COc1ccc2c(Oc3ccc(OCCN4CCCCC4)cc3)c(-c3ccc(C(=O)c4ccccc4)cc3)sc2c1.Cl. The summed E-state index contributed by atoms with van der Waals surface area (Å²) in [7, 11) is 1.67. The third-order valence-electron chi connectivity index (χ3n) is 7.47. The summed E-state index contributed by atoms with van der Waals surface area (Å²) >= 11 is 1.64. The van der Waals surface area contributed by atoms with E-state index in [1.54, 1.807) is 18.4 Å². The average Bonchev–Trinajstić information content (AvgIpc) is 3.39. The zero-order chi connectivity index (χ0) is 28.0. The zero-order valence-electron chi connectivity index (χ0n) is 23.6. The molecular formula is C35H34ClNO4S. The molecule has 216 valence electrons. The van der Waals surface area contributed by atoms with E-state index in [9.17, 15) is 4.79 Å². The third kappa shape index (κ3) is 6.79. The number of carbonyl (C=O) groups is 1. The van der Waals surface area contributed by atoms with E-state index >= 15 is 0 Å². The number of carbonyl (C=O) groups excluding carboxylic acids is 1. The van der Waals surface area contributed by atoms with Crippen LogP contribution in [0.1, 0.15) is 35.2 Å². The molecule has 0 amide bonds. The van der Waals surface area contributed by atoms with Gasteiger partial charge in [-0.25, -0.2) is 0 Å². The van der Waals surface area contributed by atoms with Gasteiger partial charge in [-0.1, -0.05) is 61.0 Å². The van der Waals surface area contributed by atoms with Crippen molar-refractivity contribution in [2.45, 2.75) is 19.3 Å². The molecule has 1 aliphatic heterocycles. The highest BCUT2D eigenvalue weighted by Gasteiger charge is 2.18. The topological polar surface area (TPSA) is 48.0 Å². The number of benzene rings is 4. The third-order valence-corrected chi connectivity index (χ3v) is 8.65. The second-order valence-electron chi connectivity index (χ2n) is 10.2. The Labute approximate surface area is 257 Å². The van der Waals surface area contributed by atoms with Crippen LogP contribution in [0.3, 0.4) is 0 Å². The van der Waals surface area contributed by atoms with Crippen LogP contribution in [-0.2, 0) is 0 Å². The smallest absolute Gasteiger partial charge is 0.193 e. The van der Waals surface area contributed by atoms with Crippen molar-refractivity contribution in [3.63, 3.8) is 0 Å². The van der Waals surface area contributed by atoms with Gasteiger partial charge >= 0.3 is 0 Å². The number of methoxy groups -OCH3 is 1. The number of rotatable bonds is 10. The number of thiophene rings is 1. The molecule has 1 saturated heterocycles. The van der Waals surface area contributed by atoms with Gasteiger partial charge in [0.25, 0.3) is 0 Å². The van der Waals surface area contributed by atoms with E-state index in [4.69, 9.17) is 14.2 Å². The van der Waals surface area contributed by atoms with Crippen LogP contribution < -0.4 is 14.2 Å². The first-order valence-corrected chi connectivity index (χ1v) is 14.9.